The number of fused-ring (bicyclic) bond motifs is 12. The molecule has 0 amide bonds. The highest BCUT2D eigenvalue weighted by atomic mass is 32.1. The number of aromatic amines is 1. The topological polar surface area (TPSA) is 20.7 Å². The van der Waals surface area contributed by atoms with Gasteiger partial charge in [-0.05, 0) is 58.6 Å². The Balaban J connectivity index is 1.36. The number of hydrogen-bond acceptors (Lipinski definition) is 1. The quantitative estimate of drug-likeness (QED) is 0.215. The number of H-pyrrole nitrogens is 1. The van der Waals surface area contributed by atoms with E-state index in [4.69, 9.17) is 0 Å². The third-order valence-electron chi connectivity index (χ3n) is 8.87. The van der Waals surface area contributed by atoms with Crippen molar-refractivity contribution in [1.29, 1.82) is 0 Å². The second-order valence-corrected chi connectivity index (χ2v) is 12.2. The fraction of sp³-hybridized carbons (Fsp3) is 0. The van der Waals surface area contributed by atoms with E-state index < -0.39 is 0 Å². The summed E-state index contributed by atoms with van der Waals surface area (Å²) >= 11 is 1.88. The molecule has 0 fully saturated rings. The number of aromatic nitrogens is 2. The van der Waals surface area contributed by atoms with Crippen molar-refractivity contribution in [3.63, 3.8) is 0 Å². The van der Waals surface area contributed by atoms with Crippen LogP contribution < -0.4 is 0 Å². The van der Waals surface area contributed by atoms with E-state index in [2.05, 4.69) is 137 Å². The van der Waals surface area contributed by atoms with Crippen molar-refractivity contribution in [3.8, 4) is 5.69 Å². The first-order chi connectivity index (χ1) is 20.3. The van der Waals surface area contributed by atoms with Gasteiger partial charge in [0.15, 0.2) is 0 Å². The first-order valence-corrected chi connectivity index (χ1v) is 14.8. The van der Waals surface area contributed by atoms with Gasteiger partial charge in [-0.25, -0.2) is 0 Å². The first-order valence-electron chi connectivity index (χ1n) is 14.0. The molecule has 3 aromatic heterocycles. The fourth-order valence-corrected chi connectivity index (χ4v) is 8.11. The Bertz CT molecular complexity index is 2700. The highest BCUT2D eigenvalue weighted by Gasteiger charge is 2.18. The zero-order chi connectivity index (χ0) is 26.7. The second-order valence-electron chi connectivity index (χ2n) is 11.1. The van der Waals surface area contributed by atoms with E-state index in [1.807, 2.05) is 11.3 Å². The number of nitrogens with zero attached hydrogens (tertiary/aromatic N) is 1. The molecular formula is C38H22N2S. The van der Waals surface area contributed by atoms with E-state index in [0.29, 0.717) is 0 Å². The molecule has 10 rings (SSSR count). The summed E-state index contributed by atoms with van der Waals surface area (Å²) in [7, 11) is 0. The molecule has 0 unspecified atom stereocenters. The van der Waals surface area contributed by atoms with E-state index in [9.17, 15) is 0 Å². The van der Waals surface area contributed by atoms with Gasteiger partial charge < -0.3 is 9.55 Å². The molecule has 0 atom stereocenters. The number of rotatable bonds is 1. The maximum absolute atomic E-state index is 3.80. The summed E-state index contributed by atoms with van der Waals surface area (Å²) in [5.41, 5.74) is 6.05. The van der Waals surface area contributed by atoms with Gasteiger partial charge in [-0.1, -0.05) is 84.9 Å². The first kappa shape index (κ1) is 21.7. The van der Waals surface area contributed by atoms with Gasteiger partial charge in [0.1, 0.15) is 0 Å². The van der Waals surface area contributed by atoms with E-state index in [0.717, 1.165) is 0 Å². The van der Waals surface area contributed by atoms with Crippen LogP contribution in [-0.4, -0.2) is 9.55 Å². The maximum Gasteiger partial charge on any atom is 0.0548 e. The second kappa shape index (κ2) is 7.75. The van der Waals surface area contributed by atoms with Crippen molar-refractivity contribution in [2.75, 3.05) is 0 Å². The molecule has 0 radical (unpaired) electrons. The summed E-state index contributed by atoms with van der Waals surface area (Å²) in [5, 5.41) is 12.8. The van der Waals surface area contributed by atoms with Gasteiger partial charge in [-0.15, -0.1) is 11.3 Å². The van der Waals surface area contributed by atoms with Gasteiger partial charge in [0.25, 0.3) is 0 Å². The van der Waals surface area contributed by atoms with E-state index in [-0.39, 0.29) is 0 Å². The summed E-state index contributed by atoms with van der Waals surface area (Å²) in [6.45, 7) is 0. The molecule has 3 heterocycles. The van der Waals surface area contributed by atoms with Gasteiger partial charge >= 0.3 is 0 Å². The van der Waals surface area contributed by atoms with Crippen LogP contribution in [0.3, 0.4) is 0 Å². The Morgan fingerprint density at radius 1 is 0.439 bits per heavy atom. The van der Waals surface area contributed by atoms with Crippen molar-refractivity contribution in [2.24, 2.45) is 0 Å². The van der Waals surface area contributed by atoms with E-state index in [1.54, 1.807) is 0 Å². The highest BCUT2D eigenvalue weighted by Crippen LogP contribution is 2.41. The molecule has 2 nitrogen and oxygen atoms in total. The molecule has 0 spiro atoms. The SMILES string of the molecule is c1ccc2cc3c(cc2c1)c1cc2[nH]c4c5ccccc5ccc4c2cc1n3-c1ccc2c(c1)sc1ccccc12. The summed E-state index contributed by atoms with van der Waals surface area (Å²) in [6, 6.07) is 47.0. The van der Waals surface area contributed by atoms with Crippen LogP contribution in [0.5, 0.6) is 0 Å². The minimum Gasteiger partial charge on any atom is -0.354 e. The summed E-state index contributed by atoms with van der Waals surface area (Å²) in [4.78, 5) is 3.80. The Morgan fingerprint density at radius 2 is 1.12 bits per heavy atom. The van der Waals surface area contributed by atoms with Crippen molar-refractivity contribution in [3.05, 3.63) is 127 Å². The normalized spacial score (nSPS) is 12.4. The van der Waals surface area contributed by atoms with Crippen molar-refractivity contribution >= 4 is 96.7 Å². The summed E-state index contributed by atoms with van der Waals surface area (Å²) in [5.74, 6) is 0. The molecular weight excluding hydrogens is 516 g/mol. The monoisotopic (exact) mass is 538 g/mol. The molecule has 0 aliphatic carbocycles. The molecule has 0 saturated carbocycles. The van der Waals surface area contributed by atoms with Crippen LogP contribution in [0, 0.1) is 0 Å². The molecule has 0 aliphatic rings. The molecule has 0 bridgehead atoms. The Labute approximate surface area is 238 Å². The van der Waals surface area contributed by atoms with Gasteiger partial charge in [-0.3, -0.25) is 0 Å². The smallest absolute Gasteiger partial charge is 0.0548 e. The maximum atomic E-state index is 3.80. The lowest BCUT2D eigenvalue weighted by atomic mass is 10.0. The van der Waals surface area contributed by atoms with Gasteiger partial charge in [0.05, 0.1) is 16.6 Å². The average molecular weight is 539 g/mol. The number of thiophene rings is 1. The fourth-order valence-electron chi connectivity index (χ4n) is 6.97. The molecule has 1 N–H and O–H groups in total. The Morgan fingerprint density at radius 3 is 2.02 bits per heavy atom. The van der Waals surface area contributed by atoms with Gasteiger partial charge in [-0.2, -0.15) is 0 Å². The lowest BCUT2D eigenvalue weighted by Gasteiger charge is -2.09. The lowest BCUT2D eigenvalue weighted by molar-refractivity contribution is 1.19. The van der Waals surface area contributed by atoms with Crippen LogP contribution in [0.25, 0.3) is 91.0 Å². The third-order valence-corrected chi connectivity index (χ3v) is 10.0. The number of nitrogens with one attached hydrogen (secondary N) is 1. The number of hydrogen-bond donors (Lipinski definition) is 1. The minimum absolute atomic E-state index is 1.18. The molecule has 0 aliphatic heterocycles. The van der Waals surface area contributed by atoms with Gasteiger partial charge in [0.2, 0.25) is 0 Å². The predicted molar refractivity (Wildman–Crippen MR) is 178 cm³/mol. The largest absolute Gasteiger partial charge is 0.354 e. The standard InChI is InChI=1S/C38H22N2S/c1-2-9-24-18-34-31(17-23(24)8-1)32-20-33-30(29-15-13-22-7-3-4-10-26(22)38(29)39-33)21-35(32)40(34)25-14-16-28-27-11-5-6-12-36(27)41-37(28)19-25/h1-21,39H. The van der Waals surface area contributed by atoms with Crippen molar-refractivity contribution in [1.82, 2.24) is 9.55 Å². The molecule has 7 aromatic carbocycles. The zero-order valence-corrected chi connectivity index (χ0v) is 22.8. The van der Waals surface area contributed by atoms with Crippen LogP contribution >= 0.6 is 11.3 Å². The van der Waals surface area contributed by atoms with Crippen molar-refractivity contribution in [2.45, 2.75) is 0 Å². The molecule has 190 valence electrons. The Kier molecular flexibility index (Phi) is 4.10. The minimum atomic E-state index is 1.18. The lowest BCUT2D eigenvalue weighted by Crippen LogP contribution is -1.93. The van der Waals surface area contributed by atoms with Crippen molar-refractivity contribution < 1.29 is 0 Å². The number of benzene rings is 7. The summed E-state index contributed by atoms with van der Waals surface area (Å²) < 4.78 is 5.12. The van der Waals surface area contributed by atoms with Gasteiger partial charge in [0, 0.05) is 58.3 Å². The third kappa shape index (κ3) is 2.91. The molecule has 3 heteroatoms. The predicted octanol–water partition coefficient (Wildman–Crippen LogP) is 11.1. The van der Waals surface area contributed by atoms with Crippen LogP contribution in [-0.2, 0) is 0 Å². The molecule has 10 aromatic rings. The zero-order valence-electron chi connectivity index (χ0n) is 22.0. The van der Waals surface area contributed by atoms with Crippen LogP contribution in [0.1, 0.15) is 0 Å². The molecule has 41 heavy (non-hydrogen) atoms. The van der Waals surface area contributed by atoms with Crippen LogP contribution in [0.4, 0.5) is 0 Å². The van der Waals surface area contributed by atoms with E-state index >= 15 is 0 Å². The average Bonchev–Trinajstić information content (AvgIpc) is 3.67. The van der Waals surface area contributed by atoms with Crippen LogP contribution in [0.2, 0.25) is 0 Å². The Hall–Kier alpha value is -5.12. The molecule has 0 saturated heterocycles. The van der Waals surface area contributed by atoms with Crippen LogP contribution in [0.15, 0.2) is 127 Å². The summed E-state index contributed by atoms with van der Waals surface area (Å²) in [6.07, 6.45) is 0. The van der Waals surface area contributed by atoms with E-state index in [1.165, 1.54) is 91.0 Å². The highest BCUT2D eigenvalue weighted by molar-refractivity contribution is 7.25.